The number of aromatic amines is 1. The van der Waals surface area contributed by atoms with E-state index in [0.29, 0.717) is 47.5 Å². The van der Waals surface area contributed by atoms with Crippen molar-refractivity contribution >= 4 is 33.9 Å². The number of aliphatic hydroxyl groups is 1. The molecule has 162 valence electrons. The number of hydrogen-bond donors (Lipinski definition) is 3. The molecular formula is C23H25N3O4S. The highest BCUT2D eigenvalue weighted by Gasteiger charge is 2.17. The summed E-state index contributed by atoms with van der Waals surface area (Å²) in [4.78, 5) is 17.4. The third-order valence-corrected chi connectivity index (χ3v) is 5.60. The van der Waals surface area contributed by atoms with E-state index in [1.54, 1.807) is 11.0 Å². The molecule has 8 heteroatoms. The highest BCUT2D eigenvalue weighted by atomic mass is 32.1. The lowest BCUT2D eigenvalue weighted by Crippen LogP contribution is -2.38. The molecule has 1 aliphatic rings. The lowest BCUT2D eigenvalue weighted by molar-refractivity contribution is 0.172. The van der Waals surface area contributed by atoms with Crippen LogP contribution in [0.3, 0.4) is 0 Å². The number of aryl methyl sites for hydroxylation is 1. The molecule has 0 amide bonds. The third-order valence-electron chi connectivity index (χ3n) is 5.24. The van der Waals surface area contributed by atoms with Gasteiger partial charge >= 0.3 is 0 Å². The zero-order valence-electron chi connectivity index (χ0n) is 17.3. The van der Waals surface area contributed by atoms with Gasteiger partial charge in [0.2, 0.25) is 0 Å². The Morgan fingerprint density at radius 1 is 1.16 bits per heavy atom. The highest BCUT2D eigenvalue weighted by molar-refractivity contribution is 7.80. The Bertz CT molecular complexity index is 1160. The summed E-state index contributed by atoms with van der Waals surface area (Å²) < 4.78 is 11.3. The molecule has 0 fully saturated rings. The Morgan fingerprint density at radius 3 is 2.65 bits per heavy atom. The van der Waals surface area contributed by atoms with Crippen LogP contribution in [0.5, 0.6) is 11.5 Å². The number of benzene rings is 2. The summed E-state index contributed by atoms with van der Waals surface area (Å²) in [6.45, 7) is 3.55. The number of nitrogens with zero attached hydrogens (tertiary/aromatic N) is 1. The topological polar surface area (TPSA) is 86.8 Å². The zero-order valence-corrected chi connectivity index (χ0v) is 18.1. The molecule has 1 aliphatic heterocycles. The van der Waals surface area contributed by atoms with Gasteiger partial charge in [-0.2, -0.15) is 0 Å². The average molecular weight is 440 g/mol. The minimum Gasteiger partial charge on any atom is -0.486 e. The number of aliphatic hydroxyl groups excluding tert-OH is 1. The summed E-state index contributed by atoms with van der Waals surface area (Å²) in [5.41, 5.74) is 3.09. The first-order valence-corrected chi connectivity index (χ1v) is 10.7. The van der Waals surface area contributed by atoms with E-state index in [2.05, 4.69) is 17.2 Å². The van der Waals surface area contributed by atoms with E-state index in [4.69, 9.17) is 21.7 Å². The Morgan fingerprint density at radius 2 is 1.90 bits per heavy atom. The van der Waals surface area contributed by atoms with Crippen molar-refractivity contribution in [2.24, 2.45) is 0 Å². The van der Waals surface area contributed by atoms with Crippen molar-refractivity contribution in [1.29, 1.82) is 0 Å². The molecule has 0 bridgehead atoms. The fraction of sp³-hybridized carbons (Fsp3) is 0.304. The van der Waals surface area contributed by atoms with E-state index in [1.807, 2.05) is 36.4 Å². The molecule has 0 aliphatic carbocycles. The predicted octanol–water partition coefficient (Wildman–Crippen LogP) is 3.05. The number of hydrogen-bond acceptors (Lipinski definition) is 5. The van der Waals surface area contributed by atoms with Gasteiger partial charge in [-0.3, -0.25) is 4.79 Å². The Balaban J connectivity index is 1.60. The molecule has 4 rings (SSSR count). The van der Waals surface area contributed by atoms with Gasteiger partial charge in [0.25, 0.3) is 5.56 Å². The number of H-pyrrole nitrogens is 1. The first-order valence-electron chi connectivity index (χ1n) is 10.3. The van der Waals surface area contributed by atoms with Crippen molar-refractivity contribution in [2.75, 3.05) is 31.7 Å². The van der Waals surface area contributed by atoms with Crippen LogP contribution >= 0.6 is 12.2 Å². The van der Waals surface area contributed by atoms with E-state index in [0.717, 1.165) is 23.1 Å². The Hall–Kier alpha value is -3.10. The summed E-state index contributed by atoms with van der Waals surface area (Å²) in [5.74, 6) is 1.29. The molecule has 0 unspecified atom stereocenters. The van der Waals surface area contributed by atoms with Gasteiger partial charge in [0, 0.05) is 29.2 Å². The number of fused-ring (bicyclic) bond motifs is 2. The second kappa shape index (κ2) is 9.36. The summed E-state index contributed by atoms with van der Waals surface area (Å²) in [7, 11) is 0. The molecule has 1 aromatic heterocycles. The molecule has 0 saturated heterocycles. The van der Waals surface area contributed by atoms with Crippen LogP contribution in [-0.2, 0) is 13.0 Å². The smallest absolute Gasteiger partial charge is 0.253 e. The van der Waals surface area contributed by atoms with Gasteiger partial charge in [-0.05, 0) is 42.4 Å². The van der Waals surface area contributed by atoms with Crippen molar-refractivity contribution < 1.29 is 14.6 Å². The summed E-state index contributed by atoms with van der Waals surface area (Å²) >= 11 is 5.60. The number of thiocarbonyl (C=S) groups is 1. The molecule has 0 radical (unpaired) electrons. The average Bonchev–Trinajstić information content (AvgIpc) is 2.78. The number of aromatic nitrogens is 1. The van der Waals surface area contributed by atoms with Gasteiger partial charge in [0.05, 0.1) is 18.7 Å². The van der Waals surface area contributed by atoms with Gasteiger partial charge in [0.15, 0.2) is 16.6 Å². The molecule has 3 aromatic rings. The molecule has 31 heavy (non-hydrogen) atoms. The predicted molar refractivity (Wildman–Crippen MR) is 125 cm³/mol. The first-order chi connectivity index (χ1) is 15.1. The second-order valence-electron chi connectivity index (χ2n) is 7.29. The normalized spacial score (nSPS) is 12.6. The van der Waals surface area contributed by atoms with Crippen molar-refractivity contribution in [3.63, 3.8) is 0 Å². The van der Waals surface area contributed by atoms with Crippen LogP contribution in [0.4, 0.5) is 5.69 Å². The quantitative estimate of drug-likeness (QED) is 0.509. The van der Waals surface area contributed by atoms with E-state index in [1.165, 1.54) is 0 Å². The van der Waals surface area contributed by atoms with Crippen molar-refractivity contribution in [1.82, 2.24) is 9.88 Å². The minimum atomic E-state index is -0.205. The SMILES string of the molecule is CCc1ccccc1NC(=S)N(CCO)Cc1cc2cc3c(cc2[nH]c1=O)OCCO3. The lowest BCUT2D eigenvalue weighted by atomic mass is 10.1. The molecule has 0 saturated carbocycles. The zero-order chi connectivity index (χ0) is 21.8. The van der Waals surface area contributed by atoms with Crippen molar-refractivity contribution in [3.8, 4) is 11.5 Å². The van der Waals surface area contributed by atoms with E-state index >= 15 is 0 Å². The maximum Gasteiger partial charge on any atom is 0.253 e. The summed E-state index contributed by atoms with van der Waals surface area (Å²) in [5, 5.41) is 14.1. The first kappa shape index (κ1) is 21.1. The van der Waals surface area contributed by atoms with E-state index in [-0.39, 0.29) is 18.7 Å². The number of ether oxygens (including phenoxy) is 2. The third kappa shape index (κ3) is 4.65. The number of nitrogens with one attached hydrogen (secondary N) is 2. The van der Waals surface area contributed by atoms with Crippen molar-refractivity contribution in [3.05, 3.63) is 63.9 Å². The van der Waals surface area contributed by atoms with Crippen LogP contribution in [0, 0.1) is 0 Å². The molecule has 0 spiro atoms. The van der Waals surface area contributed by atoms with Crippen LogP contribution in [0.25, 0.3) is 10.9 Å². The van der Waals surface area contributed by atoms with Crippen LogP contribution in [0.2, 0.25) is 0 Å². The van der Waals surface area contributed by atoms with Gasteiger partial charge in [-0.15, -0.1) is 0 Å². The summed E-state index contributed by atoms with van der Waals surface area (Å²) in [6.07, 6.45) is 0.867. The van der Waals surface area contributed by atoms with Crippen LogP contribution in [0.1, 0.15) is 18.1 Å². The molecule has 2 aromatic carbocycles. The minimum absolute atomic E-state index is 0.0819. The Labute approximate surface area is 185 Å². The Kier molecular flexibility index (Phi) is 6.39. The maximum atomic E-state index is 12.7. The number of pyridine rings is 1. The van der Waals surface area contributed by atoms with Crippen LogP contribution in [0.15, 0.2) is 47.3 Å². The number of para-hydroxylation sites is 1. The van der Waals surface area contributed by atoms with Crippen LogP contribution in [-0.4, -0.2) is 46.5 Å². The lowest BCUT2D eigenvalue weighted by Gasteiger charge is -2.26. The second-order valence-corrected chi connectivity index (χ2v) is 7.68. The van der Waals surface area contributed by atoms with Gasteiger partial charge in [0.1, 0.15) is 13.2 Å². The number of anilines is 1. The van der Waals surface area contributed by atoms with Gasteiger partial charge in [-0.25, -0.2) is 0 Å². The monoisotopic (exact) mass is 439 g/mol. The standard InChI is InChI=1S/C23H25N3O4S/c1-2-15-5-3-4-6-18(15)25-23(31)26(7-8-27)14-17-11-16-12-20-21(30-10-9-29-20)13-19(16)24-22(17)28/h3-6,11-13,27H,2,7-10,14H2,1H3,(H,24,28)(H,25,31). The van der Waals surface area contributed by atoms with Crippen molar-refractivity contribution in [2.45, 2.75) is 19.9 Å². The molecule has 7 nitrogen and oxygen atoms in total. The fourth-order valence-electron chi connectivity index (χ4n) is 3.63. The number of rotatable bonds is 6. The highest BCUT2D eigenvalue weighted by Crippen LogP contribution is 2.33. The van der Waals surface area contributed by atoms with Crippen LogP contribution < -0.4 is 20.3 Å². The van der Waals surface area contributed by atoms with E-state index in [9.17, 15) is 9.90 Å². The van der Waals surface area contributed by atoms with E-state index < -0.39 is 0 Å². The summed E-state index contributed by atoms with van der Waals surface area (Å²) in [6, 6.07) is 13.4. The van der Waals surface area contributed by atoms with Gasteiger partial charge in [-0.1, -0.05) is 25.1 Å². The fourth-order valence-corrected chi connectivity index (χ4v) is 3.89. The molecule has 3 N–H and O–H groups in total. The largest absolute Gasteiger partial charge is 0.486 e. The molecular weight excluding hydrogens is 414 g/mol. The maximum absolute atomic E-state index is 12.7. The molecule has 2 heterocycles. The molecule has 0 atom stereocenters. The van der Waals surface area contributed by atoms with Gasteiger partial charge < -0.3 is 29.8 Å².